The van der Waals surface area contributed by atoms with Crippen molar-refractivity contribution in [3.63, 3.8) is 0 Å². The molecule has 0 aliphatic carbocycles. The first-order valence-electron chi connectivity index (χ1n) is 2.19. The minimum absolute atomic E-state index is 0. The Balaban J connectivity index is 0.000000640. The quantitative estimate of drug-likeness (QED) is 0.495. The van der Waals surface area contributed by atoms with E-state index in [1.807, 2.05) is 0 Å². The van der Waals surface area contributed by atoms with Gasteiger partial charge in [-0.15, -0.1) is 6.07 Å². The Hall–Kier alpha value is 0.474. The number of phenolic OH excluding ortho intramolecular Hbond substituents is 1. The minimum atomic E-state index is 0. The van der Waals surface area contributed by atoms with E-state index in [0.29, 0.717) is 4.90 Å². The molecule has 1 radical (unpaired) electrons. The molecule has 1 aromatic carbocycles. The molecule has 0 saturated carbocycles. The van der Waals surface area contributed by atoms with Crippen LogP contribution < -0.4 is 0 Å². The van der Waals surface area contributed by atoms with E-state index < -0.39 is 0 Å². The van der Waals surface area contributed by atoms with E-state index >= 15 is 0 Å². The monoisotopic (exact) mass is 214 g/mol. The van der Waals surface area contributed by atoms with Gasteiger partial charge in [0.1, 0.15) is 0 Å². The fourth-order valence-electron chi connectivity index (χ4n) is 0.419. The maximum atomic E-state index is 8.79. The Labute approximate surface area is 84.8 Å². The molecule has 1 rings (SSSR count). The molecular weight excluding hydrogens is 209 g/mol. The zero-order valence-corrected chi connectivity index (χ0v) is 8.44. The molecule has 1 aromatic rings. The molecule has 0 atom stereocenters. The van der Waals surface area contributed by atoms with E-state index in [-0.39, 0.29) is 38.5 Å². The van der Waals surface area contributed by atoms with Gasteiger partial charge in [-0.05, 0) is 0 Å². The van der Waals surface area contributed by atoms with Crippen molar-refractivity contribution in [2.24, 2.45) is 0 Å². The van der Waals surface area contributed by atoms with Crippen LogP contribution in [0.5, 0.6) is 5.75 Å². The van der Waals surface area contributed by atoms with Gasteiger partial charge in [-0.3, -0.25) is 0 Å². The van der Waals surface area contributed by atoms with Gasteiger partial charge in [-0.25, -0.2) is 12.6 Å². The van der Waals surface area contributed by atoms with Crippen LogP contribution in [0.2, 0.25) is 0 Å². The van der Waals surface area contributed by atoms with Crippen LogP contribution in [-0.2, 0) is 32.7 Å². The van der Waals surface area contributed by atoms with Crippen molar-refractivity contribution in [3.05, 3.63) is 24.3 Å². The van der Waals surface area contributed by atoms with E-state index in [0.717, 1.165) is 0 Å². The summed E-state index contributed by atoms with van der Waals surface area (Å²) in [4.78, 5) is 0.563. The molecule has 9 heavy (non-hydrogen) atoms. The summed E-state index contributed by atoms with van der Waals surface area (Å²) in [6.45, 7) is 0. The second-order valence-corrected chi connectivity index (χ2v) is 1.89. The number of rotatable bonds is 0. The van der Waals surface area contributed by atoms with Crippen molar-refractivity contribution in [1.29, 1.82) is 0 Å². The Morgan fingerprint density at radius 3 is 2.56 bits per heavy atom. The molecule has 0 aliphatic rings. The predicted molar refractivity (Wildman–Crippen MR) is 34.2 cm³/mol. The summed E-state index contributed by atoms with van der Waals surface area (Å²) in [5.74, 6) is 0.107. The Morgan fingerprint density at radius 2 is 2.22 bits per heavy atom. The Bertz CT molecular complexity index is 169. The number of thiol groups is 1. The standard InChI is InChI=1S/C6H5OS.Y/c7-5-3-1-2-4-6(5)8;/h1-2,4,7-8H;/q-1;. The Morgan fingerprint density at radius 1 is 1.56 bits per heavy atom. The molecule has 0 spiro atoms. The molecule has 0 amide bonds. The first-order valence-corrected chi connectivity index (χ1v) is 2.64. The molecule has 0 bridgehead atoms. The summed E-state index contributed by atoms with van der Waals surface area (Å²) < 4.78 is 0. The average molecular weight is 214 g/mol. The predicted octanol–water partition coefficient (Wildman–Crippen LogP) is 1.48. The van der Waals surface area contributed by atoms with Gasteiger partial charge in [0.25, 0.3) is 0 Å². The molecule has 3 heteroatoms. The summed E-state index contributed by atoms with van der Waals surface area (Å²) in [7, 11) is 0. The van der Waals surface area contributed by atoms with Gasteiger partial charge in [0.2, 0.25) is 0 Å². The molecule has 0 fully saturated rings. The van der Waals surface area contributed by atoms with Gasteiger partial charge < -0.3 is 5.11 Å². The Kier molecular flexibility index (Phi) is 4.54. The minimum Gasteiger partial charge on any atom is -0.533 e. The van der Waals surface area contributed by atoms with Crippen LogP contribution in [0.1, 0.15) is 0 Å². The van der Waals surface area contributed by atoms with E-state index in [1.165, 1.54) is 0 Å². The van der Waals surface area contributed by atoms with Crippen molar-refractivity contribution in [1.82, 2.24) is 0 Å². The number of para-hydroxylation sites is 1. The maximum absolute atomic E-state index is 8.79. The molecular formula is C6H5OSY-. The second-order valence-electron chi connectivity index (χ2n) is 1.40. The largest absolute Gasteiger partial charge is 0.533 e. The zero-order chi connectivity index (χ0) is 5.98. The number of hydrogen-bond acceptors (Lipinski definition) is 2. The van der Waals surface area contributed by atoms with Crippen LogP contribution in [0.15, 0.2) is 23.1 Å². The summed E-state index contributed by atoms with van der Waals surface area (Å²) in [6, 6.07) is 7.68. The van der Waals surface area contributed by atoms with Gasteiger partial charge in [0, 0.05) is 38.5 Å². The van der Waals surface area contributed by atoms with Crippen LogP contribution in [-0.4, -0.2) is 5.11 Å². The van der Waals surface area contributed by atoms with Gasteiger partial charge in [-0.2, -0.15) is 18.2 Å². The topological polar surface area (TPSA) is 20.2 Å². The molecule has 0 aliphatic heterocycles. The third-order valence-electron chi connectivity index (χ3n) is 0.813. The maximum Gasteiger partial charge on any atom is 0.0169 e. The van der Waals surface area contributed by atoms with Crippen LogP contribution in [0, 0.1) is 6.07 Å². The average Bonchev–Trinajstić information content (AvgIpc) is 1.77. The van der Waals surface area contributed by atoms with Crippen LogP contribution >= 0.6 is 12.6 Å². The molecule has 1 nitrogen and oxygen atoms in total. The van der Waals surface area contributed by atoms with Crippen LogP contribution in [0.25, 0.3) is 0 Å². The van der Waals surface area contributed by atoms with Crippen molar-refractivity contribution in [3.8, 4) is 5.75 Å². The third-order valence-corrected chi connectivity index (χ3v) is 1.17. The number of aromatic hydroxyl groups is 1. The van der Waals surface area contributed by atoms with Crippen molar-refractivity contribution in [2.75, 3.05) is 0 Å². The molecule has 45 valence electrons. The molecule has 0 heterocycles. The summed E-state index contributed by atoms with van der Waals surface area (Å²) in [6.07, 6.45) is 0. The van der Waals surface area contributed by atoms with Gasteiger partial charge in [0.15, 0.2) is 0 Å². The van der Waals surface area contributed by atoms with Crippen molar-refractivity contribution < 1.29 is 37.8 Å². The molecule has 0 unspecified atom stereocenters. The van der Waals surface area contributed by atoms with Crippen molar-refractivity contribution >= 4 is 12.6 Å². The fraction of sp³-hybridized carbons (Fsp3) is 0. The molecule has 0 aromatic heterocycles. The second kappa shape index (κ2) is 4.31. The SMILES string of the molecule is Oc1[c-]cccc1S.[Y]. The van der Waals surface area contributed by atoms with E-state index in [2.05, 4.69) is 18.7 Å². The van der Waals surface area contributed by atoms with Gasteiger partial charge in [0.05, 0.1) is 0 Å². The molecule has 0 saturated heterocycles. The van der Waals surface area contributed by atoms with E-state index in [9.17, 15) is 0 Å². The molecule has 1 N–H and O–H groups in total. The first kappa shape index (κ1) is 9.47. The number of benzene rings is 1. The van der Waals surface area contributed by atoms with E-state index in [1.54, 1.807) is 18.2 Å². The normalized spacial score (nSPS) is 8.11. The summed E-state index contributed by atoms with van der Waals surface area (Å²) in [5.41, 5.74) is 0. The van der Waals surface area contributed by atoms with Crippen molar-refractivity contribution in [2.45, 2.75) is 4.90 Å². The summed E-state index contributed by atoms with van der Waals surface area (Å²) in [5, 5.41) is 8.79. The van der Waals surface area contributed by atoms with Gasteiger partial charge >= 0.3 is 0 Å². The number of phenols is 1. The van der Waals surface area contributed by atoms with Gasteiger partial charge in [-0.1, -0.05) is 4.90 Å². The van der Waals surface area contributed by atoms with E-state index in [4.69, 9.17) is 5.11 Å². The van der Waals surface area contributed by atoms with Crippen LogP contribution in [0.3, 0.4) is 0 Å². The first-order chi connectivity index (χ1) is 3.80. The fourth-order valence-corrected chi connectivity index (χ4v) is 0.570. The smallest absolute Gasteiger partial charge is 0.0169 e. The number of hydrogen-bond donors (Lipinski definition) is 2. The summed E-state index contributed by atoms with van der Waals surface area (Å²) >= 11 is 3.92. The third kappa shape index (κ3) is 2.70. The zero-order valence-electron chi connectivity index (χ0n) is 4.70. The van der Waals surface area contributed by atoms with Crippen LogP contribution in [0.4, 0.5) is 0 Å².